The third-order valence-electron chi connectivity index (χ3n) is 4.89. The fraction of sp³-hybridized carbons (Fsp3) is 0.579. The average molecular weight is 413 g/mol. The second-order valence-electron chi connectivity index (χ2n) is 7.18. The molecular formula is C19H28N2O6S. The average Bonchev–Trinajstić information content (AvgIpc) is 2.66. The van der Waals surface area contributed by atoms with Crippen LogP contribution in [0.15, 0.2) is 18.2 Å². The summed E-state index contributed by atoms with van der Waals surface area (Å²) in [4.78, 5) is 27.4. The maximum absolute atomic E-state index is 13.2. The number of amides is 2. The van der Waals surface area contributed by atoms with E-state index in [-0.39, 0.29) is 23.8 Å². The summed E-state index contributed by atoms with van der Waals surface area (Å²) in [6.07, 6.45) is 1.49. The minimum atomic E-state index is -3.67. The minimum Gasteiger partial charge on any atom is -0.496 e. The number of hydrogen-bond donors (Lipinski definition) is 1. The van der Waals surface area contributed by atoms with Gasteiger partial charge in [-0.3, -0.25) is 14.3 Å². The van der Waals surface area contributed by atoms with Crippen LogP contribution in [0.4, 0.5) is 0 Å². The number of benzene rings is 1. The molecular weight excluding hydrogens is 384 g/mol. The Kier molecular flexibility index (Phi) is 6.92. The van der Waals surface area contributed by atoms with E-state index in [9.17, 15) is 18.0 Å². The lowest BCUT2D eigenvalue weighted by Crippen LogP contribution is -2.53. The summed E-state index contributed by atoms with van der Waals surface area (Å²) < 4.78 is 36.7. The summed E-state index contributed by atoms with van der Waals surface area (Å²) in [7, 11) is -0.732. The van der Waals surface area contributed by atoms with E-state index in [0.29, 0.717) is 37.3 Å². The van der Waals surface area contributed by atoms with E-state index in [4.69, 9.17) is 9.47 Å². The molecule has 1 aromatic carbocycles. The van der Waals surface area contributed by atoms with Gasteiger partial charge in [-0.15, -0.1) is 0 Å². The minimum absolute atomic E-state index is 0.112. The summed E-state index contributed by atoms with van der Waals surface area (Å²) in [5, 5.41) is 0. The van der Waals surface area contributed by atoms with Crippen molar-refractivity contribution in [3.63, 3.8) is 0 Å². The highest BCUT2D eigenvalue weighted by molar-refractivity contribution is 7.90. The molecule has 2 amide bonds. The van der Waals surface area contributed by atoms with Crippen LogP contribution in [0.3, 0.4) is 0 Å². The second kappa shape index (κ2) is 8.81. The fourth-order valence-corrected chi connectivity index (χ4v) is 4.57. The molecule has 1 aliphatic rings. The van der Waals surface area contributed by atoms with Crippen LogP contribution in [-0.2, 0) is 14.8 Å². The van der Waals surface area contributed by atoms with Crippen LogP contribution in [0.2, 0.25) is 0 Å². The molecule has 1 aromatic rings. The first-order valence-corrected chi connectivity index (χ1v) is 10.9. The first kappa shape index (κ1) is 22.0. The normalized spacial score (nSPS) is 19.8. The maximum atomic E-state index is 13.2. The molecule has 1 saturated heterocycles. The lowest BCUT2D eigenvalue weighted by atomic mass is 9.81. The van der Waals surface area contributed by atoms with Gasteiger partial charge in [0.25, 0.3) is 5.91 Å². The number of methoxy groups -OCH3 is 2. The lowest BCUT2D eigenvalue weighted by molar-refractivity contribution is -0.130. The molecule has 0 spiro atoms. The SMILES string of the molecule is CCCS(=O)(=O)NC(=O)C1(C)CCCN(C(=O)c2c(OC)cccc2OC)C1. The van der Waals surface area contributed by atoms with Gasteiger partial charge in [0.15, 0.2) is 0 Å². The fourth-order valence-electron chi connectivity index (χ4n) is 3.40. The van der Waals surface area contributed by atoms with Gasteiger partial charge in [0.05, 0.1) is 25.4 Å². The van der Waals surface area contributed by atoms with Crippen molar-refractivity contribution >= 4 is 21.8 Å². The van der Waals surface area contributed by atoms with Crippen molar-refractivity contribution in [2.45, 2.75) is 33.1 Å². The maximum Gasteiger partial charge on any atom is 0.261 e. The van der Waals surface area contributed by atoms with Crippen molar-refractivity contribution in [2.24, 2.45) is 5.41 Å². The molecule has 2 rings (SSSR count). The molecule has 28 heavy (non-hydrogen) atoms. The second-order valence-corrected chi connectivity index (χ2v) is 9.02. The summed E-state index contributed by atoms with van der Waals surface area (Å²) >= 11 is 0. The van der Waals surface area contributed by atoms with Gasteiger partial charge >= 0.3 is 0 Å². The summed E-state index contributed by atoms with van der Waals surface area (Å²) in [6.45, 7) is 3.99. The van der Waals surface area contributed by atoms with Gasteiger partial charge < -0.3 is 14.4 Å². The highest BCUT2D eigenvalue weighted by atomic mass is 32.2. The van der Waals surface area contributed by atoms with E-state index >= 15 is 0 Å². The summed E-state index contributed by atoms with van der Waals surface area (Å²) in [5.41, 5.74) is -0.708. The van der Waals surface area contributed by atoms with E-state index in [1.807, 2.05) is 0 Å². The quantitative estimate of drug-likeness (QED) is 0.733. The molecule has 9 heteroatoms. The number of ether oxygens (including phenoxy) is 2. The van der Waals surface area contributed by atoms with Gasteiger partial charge in [0.1, 0.15) is 17.1 Å². The van der Waals surface area contributed by atoms with Crippen LogP contribution in [0.5, 0.6) is 11.5 Å². The molecule has 1 N–H and O–H groups in total. The number of likely N-dealkylation sites (tertiary alicyclic amines) is 1. The van der Waals surface area contributed by atoms with Crippen LogP contribution < -0.4 is 14.2 Å². The van der Waals surface area contributed by atoms with E-state index in [1.165, 1.54) is 14.2 Å². The van der Waals surface area contributed by atoms with Crippen molar-refractivity contribution in [1.82, 2.24) is 9.62 Å². The number of nitrogens with one attached hydrogen (secondary N) is 1. The number of nitrogens with zero attached hydrogens (tertiary/aromatic N) is 1. The van der Waals surface area contributed by atoms with Crippen LogP contribution in [0.25, 0.3) is 0 Å². The molecule has 0 aliphatic carbocycles. The zero-order chi connectivity index (χ0) is 20.9. The standard InChI is InChI=1S/C19H28N2O6S/c1-5-12-28(24,25)20-18(23)19(2)10-7-11-21(13-19)17(22)16-14(26-3)8-6-9-15(16)27-4/h6,8-9H,5,7,10-13H2,1-4H3,(H,20,23). The molecule has 0 aromatic heterocycles. The predicted molar refractivity (Wildman–Crippen MR) is 105 cm³/mol. The Bertz CT molecular complexity index is 817. The van der Waals surface area contributed by atoms with Crippen molar-refractivity contribution in [3.8, 4) is 11.5 Å². The molecule has 0 bridgehead atoms. The van der Waals surface area contributed by atoms with E-state index < -0.39 is 21.3 Å². The molecule has 1 unspecified atom stereocenters. The monoisotopic (exact) mass is 412 g/mol. The molecule has 1 heterocycles. The number of sulfonamides is 1. The predicted octanol–water partition coefficient (Wildman–Crippen LogP) is 1.80. The van der Waals surface area contributed by atoms with E-state index in [1.54, 1.807) is 36.9 Å². The number of hydrogen-bond acceptors (Lipinski definition) is 6. The van der Waals surface area contributed by atoms with Gasteiger partial charge in [0, 0.05) is 13.1 Å². The van der Waals surface area contributed by atoms with Crippen LogP contribution >= 0.6 is 0 Å². The van der Waals surface area contributed by atoms with Crippen LogP contribution in [0, 0.1) is 5.41 Å². The van der Waals surface area contributed by atoms with Crippen molar-refractivity contribution < 1.29 is 27.5 Å². The van der Waals surface area contributed by atoms with Gasteiger partial charge in [-0.05, 0) is 38.3 Å². The Hall–Kier alpha value is -2.29. The molecule has 8 nitrogen and oxygen atoms in total. The van der Waals surface area contributed by atoms with E-state index in [0.717, 1.165) is 0 Å². The number of piperidine rings is 1. The first-order valence-electron chi connectivity index (χ1n) is 9.22. The highest BCUT2D eigenvalue weighted by Crippen LogP contribution is 2.34. The highest BCUT2D eigenvalue weighted by Gasteiger charge is 2.41. The molecule has 1 aliphatic heterocycles. The topological polar surface area (TPSA) is 102 Å². The molecule has 0 radical (unpaired) electrons. The molecule has 0 saturated carbocycles. The Morgan fingerprint density at radius 1 is 1.21 bits per heavy atom. The molecule has 1 atom stereocenters. The Balaban J connectivity index is 2.26. The smallest absolute Gasteiger partial charge is 0.261 e. The Morgan fingerprint density at radius 3 is 2.36 bits per heavy atom. The lowest BCUT2D eigenvalue weighted by Gasteiger charge is -2.39. The largest absolute Gasteiger partial charge is 0.496 e. The van der Waals surface area contributed by atoms with Crippen LogP contribution in [0.1, 0.15) is 43.5 Å². The molecule has 1 fully saturated rings. The Labute approximate surface area is 166 Å². The Morgan fingerprint density at radius 2 is 1.82 bits per heavy atom. The van der Waals surface area contributed by atoms with E-state index in [2.05, 4.69) is 4.72 Å². The van der Waals surface area contributed by atoms with Crippen molar-refractivity contribution in [1.29, 1.82) is 0 Å². The van der Waals surface area contributed by atoms with Gasteiger partial charge in [-0.25, -0.2) is 8.42 Å². The summed E-state index contributed by atoms with van der Waals surface area (Å²) in [6, 6.07) is 5.06. The van der Waals surface area contributed by atoms with Gasteiger partial charge in [-0.1, -0.05) is 13.0 Å². The van der Waals surface area contributed by atoms with Crippen molar-refractivity contribution in [3.05, 3.63) is 23.8 Å². The van der Waals surface area contributed by atoms with Gasteiger partial charge in [0.2, 0.25) is 15.9 Å². The summed E-state index contributed by atoms with van der Waals surface area (Å²) in [5.74, 6) is -0.247. The third kappa shape index (κ3) is 4.76. The zero-order valence-corrected chi connectivity index (χ0v) is 17.6. The van der Waals surface area contributed by atoms with Crippen LogP contribution in [-0.4, -0.2) is 58.2 Å². The number of carbonyl (C=O) groups is 2. The zero-order valence-electron chi connectivity index (χ0n) is 16.8. The number of rotatable bonds is 7. The first-order chi connectivity index (χ1) is 13.2. The number of carbonyl (C=O) groups excluding carboxylic acids is 2. The third-order valence-corrected chi connectivity index (χ3v) is 6.34. The van der Waals surface area contributed by atoms with Gasteiger partial charge in [-0.2, -0.15) is 0 Å². The molecule has 156 valence electrons. The van der Waals surface area contributed by atoms with Crippen molar-refractivity contribution in [2.75, 3.05) is 33.1 Å².